The molecule has 0 fully saturated rings. The number of carbonyl (C=O) groups is 1. The monoisotopic (exact) mass is 382 g/mol. The van der Waals surface area contributed by atoms with Gasteiger partial charge in [-0.15, -0.1) is 0 Å². The summed E-state index contributed by atoms with van der Waals surface area (Å²) in [5.41, 5.74) is 0.562. The molecule has 25 heavy (non-hydrogen) atoms. The van der Waals surface area contributed by atoms with Gasteiger partial charge in [0.05, 0.1) is 22.7 Å². The molecule has 0 heterocycles. The van der Waals surface area contributed by atoms with Gasteiger partial charge in [0.15, 0.2) is 0 Å². The van der Waals surface area contributed by atoms with Crippen LogP contribution in [0.4, 0.5) is 5.69 Å². The van der Waals surface area contributed by atoms with Crippen molar-refractivity contribution in [3.8, 4) is 5.75 Å². The third-order valence-electron chi connectivity index (χ3n) is 3.23. The lowest BCUT2D eigenvalue weighted by molar-refractivity contribution is 0.0943. The lowest BCUT2D eigenvalue weighted by Crippen LogP contribution is -2.30. The largest absolute Gasteiger partial charge is 0.495 e. The van der Waals surface area contributed by atoms with Crippen molar-refractivity contribution in [1.29, 1.82) is 0 Å². The van der Waals surface area contributed by atoms with E-state index in [2.05, 4.69) is 10.0 Å². The van der Waals surface area contributed by atoms with Gasteiger partial charge in [-0.25, -0.2) is 8.42 Å². The number of halogens is 1. The van der Waals surface area contributed by atoms with Gasteiger partial charge in [-0.1, -0.05) is 17.7 Å². The van der Waals surface area contributed by atoms with E-state index in [4.69, 9.17) is 16.3 Å². The van der Waals surface area contributed by atoms with E-state index >= 15 is 0 Å². The molecule has 0 aliphatic rings. The van der Waals surface area contributed by atoms with Crippen molar-refractivity contribution in [2.45, 2.75) is 24.8 Å². The molecule has 0 spiro atoms. The highest BCUT2D eigenvalue weighted by Crippen LogP contribution is 2.28. The first kappa shape index (κ1) is 19.1. The third-order valence-corrected chi connectivity index (χ3v) is 4.90. The van der Waals surface area contributed by atoms with E-state index in [1.165, 1.54) is 37.4 Å². The number of benzene rings is 2. The van der Waals surface area contributed by atoms with Gasteiger partial charge >= 0.3 is 0 Å². The Bertz CT molecular complexity index is 882. The summed E-state index contributed by atoms with van der Waals surface area (Å²) < 4.78 is 32.6. The molecule has 0 aromatic heterocycles. The van der Waals surface area contributed by atoms with E-state index in [0.717, 1.165) is 0 Å². The van der Waals surface area contributed by atoms with E-state index in [1.54, 1.807) is 12.1 Å². The minimum Gasteiger partial charge on any atom is -0.495 e. The van der Waals surface area contributed by atoms with Gasteiger partial charge in [-0.2, -0.15) is 0 Å². The van der Waals surface area contributed by atoms with Crippen LogP contribution in [0.2, 0.25) is 5.02 Å². The Labute approximate surface area is 152 Å². The lowest BCUT2D eigenvalue weighted by Gasteiger charge is -2.12. The maximum absolute atomic E-state index is 12.5. The molecule has 0 bridgehead atoms. The van der Waals surface area contributed by atoms with Crippen molar-refractivity contribution in [2.75, 3.05) is 11.8 Å². The van der Waals surface area contributed by atoms with Crippen molar-refractivity contribution in [3.05, 3.63) is 53.1 Å². The quantitative estimate of drug-likeness (QED) is 0.802. The Morgan fingerprint density at radius 3 is 2.48 bits per heavy atom. The molecule has 8 heteroatoms. The normalized spacial score (nSPS) is 11.2. The summed E-state index contributed by atoms with van der Waals surface area (Å²) in [6, 6.07) is 10.3. The van der Waals surface area contributed by atoms with Crippen molar-refractivity contribution >= 4 is 33.2 Å². The molecule has 2 N–H and O–H groups in total. The highest BCUT2D eigenvalue weighted by molar-refractivity contribution is 7.92. The van der Waals surface area contributed by atoms with Gasteiger partial charge < -0.3 is 10.1 Å². The average Bonchev–Trinajstić information content (AvgIpc) is 2.54. The molecule has 0 aliphatic heterocycles. The first-order valence-electron chi connectivity index (χ1n) is 7.50. The number of methoxy groups -OCH3 is 1. The van der Waals surface area contributed by atoms with Crippen LogP contribution in [0.3, 0.4) is 0 Å². The second kappa shape index (κ2) is 7.76. The highest BCUT2D eigenvalue weighted by Gasteiger charge is 2.17. The molecule has 0 saturated carbocycles. The summed E-state index contributed by atoms with van der Waals surface area (Å²) >= 11 is 6.01. The molecule has 2 aromatic carbocycles. The summed E-state index contributed by atoms with van der Waals surface area (Å²) in [4.78, 5) is 12.0. The molecular formula is C17H19ClN2O4S. The Morgan fingerprint density at radius 2 is 1.88 bits per heavy atom. The summed E-state index contributed by atoms with van der Waals surface area (Å²) in [6.45, 7) is 3.65. The standard InChI is InChI=1S/C17H19ClN2O4S/c1-11(2)19-17(21)12-5-4-6-14(9-12)25(22,23)20-13-7-8-16(24-3)15(18)10-13/h4-11,20H,1-3H3,(H,19,21). The second-order valence-electron chi connectivity index (χ2n) is 5.61. The fourth-order valence-electron chi connectivity index (χ4n) is 2.09. The van der Waals surface area contributed by atoms with Crippen LogP contribution in [0.25, 0.3) is 0 Å². The minimum atomic E-state index is -3.86. The number of sulfonamides is 1. The fraction of sp³-hybridized carbons (Fsp3) is 0.235. The molecule has 2 rings (SSSR count). The molecule has 0 radical (unpaired) electrons. The Morgan fingerprint density at radius 1 is 1.16 bits per heavy atom. The number of anilines is 1. The Balaban J connectivity index is 2.27. The van der Waals surface area contributed by atoms with Crippen molar-refractivity contribution < 1.29 is 17.9 Å². The molecule has 134 valence electrons. The van der Waals surface area contributed by atoms with Crippen LogP contribution in [0, 0.1) is 0 Å². The molecule has 0 unspecified atom stereocenters. The molecule has 1 amide bonds. The highest BCUT2D eigenvalue weighted by atomic mass is 35.5. The zero-order valence-corrected chi connectivity index (χ0v) is 15.6. The predicted octanol–water partition coefficient (Wildman–Crippen LogP) is 3.29. The number of nitrogens with one attached hydrogen (secondary N) is 2. The van der Waals surface area contributed by atoms with Crippen LogP contribution in [-0.4, -0.2) is 27.5 Å². The van der Waals surface area contributed by atoms with Crippen molar-refractivity contribution in [2.24, 2.45) is 0 Å². The van der Waals surface area contributed by atoms with E-state index in [0.29, 0.717) is 11.4 Å². The molecule has 6 nitrogen and oxygen atoms in total. The Hall–Kier alpha value is -2.25. The van der Waals surface area contributed by atoms with Gasteiger partial charge in [-0.05, 0) is 50.2 Å². The lowest BCUT2D eigenvalue weighted by atomic mass is 10.2. The van der Waals surface area contributed by atoms with E-state index in [-0.39, 0.29) is 27.4 Å². The molecule has 2 aromatic rings. The van der Waals surface area contributed by atoms with Crippen LogP contribution in [0.1, 0.15) is 24.2 Å². The number of carbonyl (C=O) groups excluding carboxylic acids is 1. The van der Waals surface area contributed by atoms with Crippen LogP contribution in [0.5, 0.6) is 5.75 Å². The van der Waals surface area contributed by atoms with Gasteiger partial charge in [-0.3, -0.25) is 9.52 Å². The van der Waals surface area contributed by atoms with Gasteiger partial charge in [0, 0.05) is 11.6 Å². The molecule has 0 saturated heterocycles. The number of amides is 1. The van der Waals surface area contributed by atoms with Gasteiger partial charge in [0.25, 0.3) is 15.9 Å². The van der Waals surface area contributed by atoms with Crippen LogP contribution in [-0.2, 0) is 10.0 Å². The molecule has 0 aliphatic carbocycles. The summed E-state index contributed by atoms with van der Waals surface area (Å²) in [6.07, 6.45) is 0. The van der Waals surface area contributed by atoms with E-state index in [9.17, 15) is 13.2 Å². The summed E-state index contributed by atoms with van der Waals surface area (Å²) in [7, 11) is -2.39. The average molecular weight is 383 g/mol. The first-order chi connectivity index (χ1) is 11.7. The maximum atomic E-state index is 12.5. The number of ether oxygens (including phenoxy) is 1. The minimum absolute atomic E-state index is 0.0177. The molecular weight excluding hydrogens is 364 g/mol. The fourth-order valence-corrected chi connectivity index (χ4v) is 3.45. The maximum Gasteiger partial charge on any atom is 0.261 e. The van der Waals surface area contributed by atoms with Crippen LogP contribution < -0.4 is 14.8 Å². The van der Waals surface area contributed by atoms with Gasteiger partial charge in [0.2, 0.25) is 0 Å². The van der Waals surface area contributed by atoms with Crippen molar-refractivity contribution in [3.63, 3.8) is 0 Å². The first-order valence-corrected chi connectivity index (χ1v) is 9.36. The SMILES string of the molecule is COc1ccc(NS(=O)(=O)c2cccc(C(=O)NC(C)C)c2)cc1Cl. The molecule has 0 atom stereocenters. The van der Waals surface area contributed by atoms with Crippen LogP contribution >= 0.6 is 11.6 Å². The predicted molar refractivity (Wildman–Crippen MR) is 97.9 cm³/mol. The zero-order valence-electron chi connectivity index (χ0n) is 14.0. The summed E-state index contributed by atoms with van der Waals surface area (Å²) in [5, 5.41) is 3.01. The van der Waals surface area contributed by atoms with E-state index in [1.807, 2.05) is 13.8 Å². The summed E-state index contributed by atoms with van der Waals surface area (Å²) in [5.74, 6) is 0.108. The van der Waals surface area contributed by atoms with Crippen molar-refractivity contribution in [1.82, 2.24) is 5.32 Å². The van der Waals surface area contributed by atoms with Crippen LogP contribution in [0.15, 0.2) is 47.4 Å². The topological polar surface area (TPSA) is 84.5 Å². The van der Waals surface area contributed by atoms with Gasteiger partial charge in [0.1, 0.15) is 5.75 Å². The number of rotatable bonds is 6. The third kappa shape index (κ3) is 4.87. The zero-order chi connectivity index (χ0) is 18.6. The second-order valence-corrected chi connectivity index (χ2v) is 7.70. The van der Waals surface area contributed by atoms with E-state index < -0.39 is 10.0 Å². The number of hydrogen-bond donors (Lipinski definition) is 2. The Kier molecular flexibility index (Phi) is 5.92. The number of hydrogen-bond acceptors (Lipinski definition) is 4. The smallest absolute Gasteiger partial charge is 0.261 e.